The van der Waals surface area contributed by atoms with Crippen LogP contribution in [0.15, 0.2) is 4.99 Å². The first-order valence-corrected chi connectivity index (χ1v) is 8.80. The first-order chi connectivity index (χ1) is 10.2. The molecule has 0 bridgehead atoms. The van der Waals surface area contributed by atoms with Crippen molar-refractivity contribution in [1.82, 2.24) is 10.2 Å². The molecule has 1 aliphatic heterocycles. The molecule has 2 atom stereocenters. The summed E-state index contributed by atoms with van der Waals surface area (Å²) in [5.41, 5.74) is 0. The molecule has 2 fully saturated rings. The van der Waals surface area contributed by atoms with Gasteiger partial charge in [0, 0.05) is 39.4 Å². The van der Waals surface area contributed by atoms with Crippen LogP contribution in [0, 0.1) is 17.8 Å². The van der Waals surface area contributed by atoms with Crippen LogP contribution in [-0.4, -0.2) is 50.3 Å². The van der Waals surface area contributed by atoms with E-state index >= 15 is 0 Å². The minimum absolute atomic E-state index is 0. The van der Waals surface area contributed by atoms with Crippen molar-refractivity contribution in [2.45, 2.75) is 46.5 Å². The van der Waals surface area contributed by atoms with E-state index in [4.69, 9.17) is 9.73 Å². The Labute approximate surface area is 153 Å². The number of hydrogen-bond acceptors (Lipinski definition) is 2. The Morgan fingerprint density at radius 3 is 2.50 bits per heavy atom. The summed E-state index contributed by atoms with van der Waals surface area (Å²) >= 11 is 0. The predicted molar refractivity (Wildman–Crippen MR) is 104 cm³/mol. The second kappa shape index (κ2) is 10.7. The van der Waals surface area contributed by atoms with E-state index < -0.39 is 0 Å². The van der Waals surface area contributed by atoms with Crippen LogP contribution in [0.4, 0.5) is 0 Å². The number of nitrogens with one attached hydrogen (secondary N) is 1. The summed E-state index contributed by atoms with van der Waals surface area (Å²) in [6.45, 7) is 12.7. The van der Waals surface area contributed by atoms with Gasteiger partial charge in [0.05, 0.1) is 0 Å². The van der Waals surface area contributed by atoms with Crippen molar-refractivity contribution in [3.05, 3.63) is 0 Å². The van der Waals surface area contributed by atoms with E-state index in [9.17, 15) is 0 Å². The molecule has 1 N–H and O–H groups in total. The summed E-state index contributed by atoms with van der Waals surface area (Å²) in [5.74, 6) is 3.49. The summed E-state index contributed by atoms with van der Waals surface area (Å²) < 4.78 is 5.68. The molecule has 0 aromatic rings. The zero-order valence-corrected chi connectivity index (χ0v) is 16.8. The number of halogens is 1. The number of nitrogens with zero attached hydrogens (tertiary/aromatic N) is 2. The first-order valence-electron chi connectivity index (χ1n) is 8.80. The van der Waals surface area contributed by atoms with Crippen LogP contribution < -0.4 is 5.32 Å². The van der Waals surface area contributed by atoms with E-state index in [-0.39, 0.29) is 24.0 Å². The van der Waals surface area contributed by atoms with Gasteiger partial charge in [-0.25, -0.2) is 0 Å². The van der Waals surface area contributed by atoms with Crippen molar-refractivity contribution in [3.63, 3.8) is 0 Å². The quantitative estimate of drug-likeness (QED) is 0.295. The minimum atomic E-state index is 0. The van der Waals surface area contributed by atoms with Crippen LogP contribution in [0.5, 0.6) is 0 Å². The lowest BCUT2D eigenvalue weighted by molar-refractivity contribution is 0.123. The van der Waals surface area contributed by atoms with Crippen LogP contribution in [0.3, 0.4) is 0 Å². The van der Waals surface area contributed by atoms with Gasteiger partial charge in [-0.15, -0.1) is 24.0 Å². The van der Waals surface area contributed by atoms with E-state index in [0.29, 0.717) is 0 Å². The van der Waals surface area contributed by atoms with Crippen LogP contribution in [0.1, 0.15) is 46.5 Å². The largest absolute Gasteiger partial charge is 0.381 e. The van der Waals surface area contributed by atoms with Gasteiger partial charge in [-0.05, 0) is 50.4 Å². The Morgan fingerprint density at radius 2 is 1.91 bits per heavy atom. The van der Waals surface area contributed by atoms with Crippen molar-refractivity contribution in [2.24, 2.45) is 22.7 Å². The lowest BCUT2D eigenvalue weighted by Gasteiger charge is -2.37. The van der Waals surface area contributed by atoms with Gasteiger partial charge in [0.1, 0.15) is 0 Å². The van der Waals surface area contributed by atoms with Gasteiger partial charge in [0.2, 0.25) is 0 Å². The molecule has 1 aliphatic carbocycles. The summed E-state index contributed by atoms with van der Waals surface area (Å²) in [5, 5.41) is 3.45. The molecule has 0 amide bonds. The standard InChI is InChI=1S/C17H33N3O.HI/c1-4-18-17(20-11-14(2)10-15(3)12-20)19-8-5-9-21-13-16-6-7-16;/h14-16H,4-13H2,1-3H3,(H,18,19);1H. The molecule has 0 aromatic carbocycles. The minimum Gasteiger partial charge on any atom is -0.381 e. The number of hydrogen-bond donors (Lipinski definition) is 1. The highest BCUT2D eigenvalue weighted by molar-refractivity contribution is 14.0. The van der Waals surface area contributed by atoms with Crippen molar-refractivity contribution < 1.29 is 4.74 Å². The van der Waals surface area contributed by atoms with Crippen molar-refractivity contribution in [3.8, 4) is 0 Å². The van der Waals surface area contributed by atoms with Gasteiger partial charge in [0.25, 0.3) is 0 Å². The SMILES string of the molecule is CCNC(=NCCCOCC1CC1)N1CC(C)CC(C)C1.I. The third-order valence-corrected chi connectivity index (χ3v) is 4.26. The maximum Gasteiger partial charge on any atom is 0.193 e. The highest BCUT2D eigenvalue weighted by atomic mass is 127. The molecule has 1 heterocycles. The third kappa shape index (κ3) is 7.49. The fourth-order valence-corrected chi connectivity index (χ4v) is 3.15. The summed E-state index contributed by atoms with van der Waals surface area (Å²) in [6, 6.07) is 0. The second-order valence-electron chi connectivity index (χ2n) is 6.96. The monoisotopic (exact) mass is 423 g/mol. The van der Waals surface area contributed by atoms with E-state index in [1.807, 2.05) is 0 Å². The van der Waals surface area contributed by atoms with E-state index in [0.717, 1.165) is 69.5 Å². The average Bonchev–Trinajstić information content (AvgIpc) is 3.24. The number of likely N-dealkylation sites (tertiary alicyclic amines) is 1. The van der Waals surface area contributed by atoms with Crippen LogP contribution in [0.25, 0.3) is 0 Å². The maximum absolute atomic E-state index is 5.68. The molecule has 2 rings (SSSR count). The van der Waals surface area contributed by atoms with Crippen molar-refractivity contribution in [1.29, 1.82) is 0 Å². The lowest BCUT2D eigenvalue weighted by atomic mass is 9.92. The number of rotatable bonds is 7. The zero-order chi connectivity index (χ0) is 15.1. The Bertz CT molecular complexity index is 324. The zero-order valence-electron chi connectivity index (χ0n) is 14.5. The molecule has 0 aromatic heterocycles. The Hall–Kier alpha value is -0.0400. The Kier molecular flexibility index (Phi) is 9.71. The van der Waals surface area contributed by atoms with E-state index in [1.54, 1.807) is 0 Å². The molecule has 0 radical (unpaired) electrons. The maximum atomic E-state index is 5.68. The average molecular weight is 423 g/mol. The van der Waals surface area contributed by atoms with E-state index in [2.05, 4.69) is 31.0 Å². The Morgan fingerprint density at radius 1 is 1.23 bits per heavy atom. The second-order valence-corrected chi connectivity index (χ2v) is 6.96. The van der Waals surface area contributed by atoms with Gasteiger partial charge in [-0.1, -0.05) is 13.8 Å². The predicted octanol–water partition coefficient (Wildman–Crippen LogP) is 3.36. The highest BCUT2D eigenvalue weighted by Crippen LogP contribution is 2.28. The lowest BCUT2D eigenvalue weighted by Crippen LogP contribution is -2.48. The number of aliphatic imine (C=N–C) groups is 1. The fraction of sp³-hybridized carbons (Fsp3) is 0.941. The first kappa shape index (κ1) is 20.0. The summed E-state index contributed by atoms with van der Waals surface area (Å²) in [7, 11) is 0. The molecule has 130 valence electrons. The topological polar surface area (TPSA) is 36.9 Å². The molecule has 22 heavy (non-hydrogen) atoms. The molecule has 2 unspecified atom stereocenters. The molecule has 1 saturated carbocycles. The summed E-state index contributed by atoms with van der Waals surface area (Å²) in [6.07, 6.45) is 5.10. The van der Waals surface area contributed by atoms with Gasteiger partial charge in [-0.2, -0.15) is 0 Å². The van der Waals surface area contributed by atoms with Crippen molar-refractivity contribution >= 4 is 29.9 Å². The van der Waals surface area contributed by atoms with Gasteiger partial charge < -0.3 is 15.0 Å². The van der Waals surface area contributed by atoms with Crippen molar-refractivity contribution in [2.75, 3.05) is 39.4 Å². The number of guanidine groups is 1. The summed E-state index contributed by atoms with van der Waals surface area (Å²) in [4.78, 5) is 7.23. The Balaban J connectivity index is 0.00000242. The number of ether oxygens (including phenoxy) is 1. The van der Waals surface area contributed by atoms with Crippen LogP contribution in [-0.2, 0) is 4.74 Å². The molecular weight excluding hydrogens is 389 g/mol. The molecular formula is C17H34IN3O. The molecule has 0 spiro atoms. The van der Waals surface area contributed by atoms with Gasteiger partial charge in [-0.3, -0.25) is 4.99 Å². The normalized spacial score (nSPS) is 25.8. The fourth-order valence-electron chi connectivity index (χ4n) is 3.15. The van der Waals surface area contributed by atoms with Crippen LogP contribution in [0.2, 0.25) is 0 Å². The number of piperidine rings is 1. The van der Waals surface area contributed by atoms with Crippen LogP contribution >= 0.6 is 24.0 Å². The highest BCUT2D eigenvalue weighted by Gasteiger charge is 2.24. The van der Waals surface area contributed by atoms with Gasteiger partial charge >= 0.3 is 0 Å². The molecule has 5 heteroatoms. The third-order valence-electron chi connectivity index (χ3n) is 4.26. The molecule has 1 saturated heterocycles. The smallest absolute Gasteiger partial charge is 0.193 e. The molecule has 2 aliphatic rings. The van der Waals surface area contributed by atoms with E-state index in [1.165, 1.54) is 19.3 Å². The molecule has 4 nitrogen and oxygen atoms in total. The van der Waals surface area contributed by atoms with Gasteiger partial charge in [0.15, 0.2) is 5.96 Å².